The van der Waals surface area contributed by atoms with Crippen molar-refractivity contribution in [3.63, 3.8) is 0 Å². The molecule has 0 heterocycles. The van der Waals surface area contributed by atoms with Gasteiger partial charge in [0.25, 0.3) is 0 Å². The van der Waals surface area contributed by atoms with Gasteiger partial charge in [-0.3, -0.25) is 0 Å². The number of hydrogen-bond acceptors (Lipinski definition) is 3. The van der Waals surface area contributed by atoms with Crippen molar-refractivity contribution in [1.82, 2.24) is 0 Å². The molecule has 1 rings (SSSR count). The second-order valence-electron chi connectivity index (χ2n) is 3.17. The van der Waals surface area contributed by atoms with Crippen LogP contribution in [-0.2, 0) is 0 Å². The van der Waals surface area contributed by atoms with Crippen LogP contribution >= 0.6 is 12.6 Å². The Morgan fingerprint density at radius 1 is 1.36 bits per heavy atom. The van der Waals surface area contributed by atoms with Gasteiger partial charge in [0.1, 0.15) is 0 Å². The van der Waals surface area contributed by atoms with Gasteiger partial charge in [-0.15, -0.1) is 0 Å². The van der Waals surface area contributed by atoms with Gasteiger partial charge in [0.2, 0.25) is 0 Å². The topological polar surface area (TPSA) is 52.0 Å². The Bertz CT molecular complexity index is 208. The molecule has 2 unspecified atom stereocenters. The SMILES string of the molecule is CC1(CN)C=CC=CC1(N)S. The second kappa shape index (κ2) is 2.66. The maximum atomic E-state index is 5.91. The van der Waals surface area contributed by atoms with E-state index in [-0.39, 0.29) is 5.41 Å². The molecule has 0 radical (unpaired) electrons. The van der Waals surface area contributed by atoms with Crippen LogP contribution < -0.4 is 11.5 Å². The minimum Gasteiger partial charge on any atom is -0.330 e. The lowest BCUT2D eigenvalue weighted by Gasteiger charge is -2.39. The van der Waals surface area contributed by atoms with Crippen molar-refractivity contribution in [1.29, 1.82) is 0 Å². The van der Waals surface area contributed by atoms with Crippen molar-refractivity contribution < 1.29 is 0 Å². The smallest absolute Gasteiger partial charge is 0.0882 e. The fraction of sp³-hybridized carbons (Fsp3) is 0.500. The first kappa shape index (κ1) is 8.84. The summed E-state index contributed by atoms with van der Waals surface area (Å²) < 4.78 is 0. The van der Waals surface area contributed by atoms with Crippen LogP contribution in [0.15, 0.2) is 24.3 Å². The lowest BCUT2D eigenvalue weighted by molar-refractivity contribution is 0.360. The molecule has 1 aliphatic rings. The molecule has 1 aliphatic carbocycles. The molecule has 0 aliphatic heterocycles. The first-order valence-corrected chi connectivity index (χ1v) is 4.05. The standard InChI is InChI=1S/C8H14N2S/c1-7(6-9)4-2-3-5-8(7,10)11/h2-5,11H,6,9-10H2,1H3. The van der Waals surface area contributed by atoms with E-state index in [0.29, 0.717) is 6.54 Å². The molecule has 0 aromatic rings. The van der Waals surface area contributed by atoms with E-state index in [1.807, 2.05) is 31.2 Å². The molecule has 11 heavy (non-hydrogen) atoms. The summed E-state index contributed by atoms with van der Waals surface area (Å²) in [5.74, 6) is 0. The Balaban J connectivity index is 2.97. The highest BCUT2D eigenvalue weighted by Gasteiger charge is 2.38. The summed E-state index contributed by atoms with van der Waals surface area (Å²) in [7, 11) is 0. The molecule has 0 spiro atoms. The molecule has 0 aromatic carbocycles. The average molecular weight is 170 g/mol. The minimum atomic E-state index is -0.615. The van der Waals surface area contributed by atoms with Crippen LogP contribution in [-0.4, -0.2) is 11.4 Å². The molecule has 62 valence electrons. The molecular formula is C8H14N2S. The number of allylic oxidation sites excluding steroid dienone is 2. The van der Waals surface area contributed by atoms with Crippen LogP contribution in [0.5, 0.6) is 0 Å². The fourth-order valence-electron chi connectivity index (χ4n) is 1.03. The molecule has 0 amide bonds. The third kappa shape index (κ3) is 1.36. The molecule has 4 N–H and O–H groups in total. The molecule has 0 aromatic heterocycles. The largest absolute Gasteiger partial charge is 0.330 e. The third-order valence-corrected chi connectivity index (χ3v) is 2.92. The number of hydrogen-bond donors (Lipinski definition) is 3. The summed E-state index contributed by atoms with van der Waals surface area (Å²) in [6.45, 7) is 2.51. The van der Waals surface area contributed by atoms with Gasteiger partial charge < -0.3 is 11.5 Å². The highest BCUT2D eigenvalue weighted by molar-refractivity contribution is 7.82. The Kier molecular flexibility index (Phi) is 2.14. The van der Waals surface area contributed by atoms with Gasteiger partial charge in [0, 0.05) is 12.0 Å². The Hall–Kier alpha value is -0.250. The van der Waals surface area contributed by atoms with Gasteiger partial charge in [-0.2, -0.15) is 12.6 Å². The van der Waals surface area contributed by atoms with Gasteiger partial charge in [-0.25, -0.2) is 0 Å². The maximum absolute atomic E-state index is 5.91. The second-order valence-corrected chi connectivity index (χ2v) is 3.91. The zero-order valence-corrected chi connectivity index (χ0v) is 7.51. The molecule has 0 saturated heterocycles. The predicted molar refractivity (Wildman–Crippen MR) is 51.3 cm³/mol. The fourth-order valence-corrected chi connectivity index (χ4v) is 1.28. The van der Waals surface area contributed by atoms with E-state index < -0.39 is 4.87 Å². The first-order valence-electron chi connectivity index (χ1n) is 3.60. The van der Waals surface area contributed by atoms with E-state index >= 15 is 0 Å². The lowest BCUT2D eigenvalue weighted by Crippen LogP contribution is -2.51. The third-order valence-electron chi connectivity index (χ3n) is 2.26. The number of rotatable bonds is 1. The summed E-state index contributed by atoms with van der Waals surface area (Å²) >= 11 is 4.34. The first-order chi connectivity index (χ1) is 5.02. The molecule has 2 nitrogen and oxygen atoms in total. The van der Waals surface area contributed by atoms with Gasteiger partial charge in [-0.05, 0) is 0 Å². The summed E-state index contributed by atoms with van der Waals surface area (Å²) in [4.78, 5) is -0.615. The molecule has 3 heteroatoms. The molecule has 0 saturated carbocycles. The summed E-state index contributed by atoms with van der Waals surface area (Å²) in [5, 5.41) is 0. The van der Waals surface area contributed by atoms with Gasteiger partial charge in [0.15, 0.2) is 0 Å². The van der Waals surface area contributed by atoms with Gasteiger partial charge in [-0.1, -0.05) is 31.2 Å². The van der Waals surface area contributed by atoms with Crippen molar-refractivity contribution in [3.05, 3.63) is 24.3 Å². The zero-order valence-electron chi connectivity index (χ0n) is 6.62. The van der Waals surface area contributed by atoms with E-state index in [0.717, 1.165) is 0 Å². The van der Waals surface area contributed by atoms with Crippen LogP contribution in [0.1, 0.15) is 6.92 Å². The van der Waals surface area contributed by atoms with Crippen LogP contribution in [0, 0.1) is 5.41 Å². The van der Waals surface area contributed by atoms with E-state index in [1.54, 1.807) is 0 Å². The average Bonchev–Trinajstić information content (AvgIpc) is 1.95. The van der Waals surface area contributed by atoms with E-state index in [2.05, 4.69) is 12.6 Å². The Morgan fingerprint density at radius 2 is 1.91 bits per heavy atom. The van der Waals surface area contributed by atoms with Crippen molar-refractivity contribution >= 4 is 12.6 Å². The maximum Gasteiger partial charge on any atom is 0.0882 e. The highest BCUT2D eigenvalue weighted by atomic mass is 32.1. The predicted octanol–water partition coefficient (Wildman–Crippen LogP) is 0.662. The number of nitrogens with two attached hydrogens (primary N) is 2. The summed E-state index contributed by atoms with van der Waals surface area (Å²) in [6, 6.07) is 0. The molecule has 2 atom stereocenters. The van der Waals surface area contributed by atoms with Crippen molar-refractivity contribution in [2.45, 2.75) is 11.8 Å². The van der Waals surface area contributed by atoms with Crippen molar-refractivity contribution in [2.75, 3.05) is 6.54 Å². The minimum absolute atomic E-state index is 0.231. The van der Waals surface area contributed by atoms with Crippen LogP contribution in [0.3, 0.4) is 0 Å². The quantitative estimate of drug-likeness (QED) is 0.400. The summed E-state index contributed by atoms with van der Waals surface area (Å²) in [5.41, 5.74) is 11.3. The van der Waals surface area contributed by atoms with E-state index in [9.17, 15) is 0 Å². The van der Waals surface area contributed by atoms with Crippen molar-refractivity contribution in [2.24, 2.45) is 16.9 Å². The van der Waals surface area contributed by atoms with Gasteiger partial charge >= 0.3 is 0 Å². The molecular weight excluding hydrogens is 156 g/mol. The Morgan fingerprint density at radius 3 is 2.27 bits per heavy atom. The monoisotopic (exact) mass is 170 g/mol. The molecule has 0 bridgehead atoms. The van der Waals surface area contributed by atoms with Crippen LogP contribution in [0.25, 0.3) is 0 Å². The Labute approximate surface area is 72.7 Å². The van der Waals surface area contributed by atoms with Crippen LogP contribution in [0.4, 0.5) is 0 Å². The lowest BCUT2D eigenvalue weighted by atomic mass is 9.79. The van der Waals surface area contributed by atoms with Gasteiger partial charge in [0.05, 0.1) is 4.87 Å². The molecule has 0 fully saturated rings. The van der Waals surface area contributed by atoms with Crippen molar-refractivity contribution in [3.8, 4) is 0 Å². The van der Waals surface area contributed by atoms with Crippen LogP contribution in [0.2, 0.25) is 0 Å². The summed E-state index contributed by atoms with van der Waals surface area (Å²) in [6.07, 6.45) is 7.71. The van der Waals surface area contributed by atoms with E-state index in [1.165, 1.54) is 0 Å². The highest BCUT2D eigenvalue weighted by Crippen LogP contribution is 2.36. The van der Waals surface area contributed by atoms with E-state index in [4.69, 9.17) is 11.5 Å². The number of thiol groups is 1. The normalized spacial score (nSPS) is 42.9. The zero-order chi connectivity index (χ0) is 8.54.